The van der Waals surface area contributed by atoms with Crippen LogP contribution in [0.15, 0.2) is 0 Å². The molecule has 0 saturated heterocycles. The number of carbonyl (C=O) groups is 1. The Bertz CT molecular complexity index is 330. The maximum atomic E-state index is 12.3. The van der Waals surface area contributed by atoms with Crippen molar-refractivity contribution in [2.45, 2.75) is 63.8 Å². The summed E-state index contributed by atoms with van der Waals surface area (Å²) >= 11 is 0. The molecule has 0 spiro atoms. The molecule has 0 aliphatic heterocycles. The summed E-state index contributed by atoms with van der Waals surface area (Å²) in [6, 6.07) is 0. The summed E-state index contributed by atoms with van der Waals surface area (Å²) in [5.41, 5.74) is -0.479. The Morgan fingerprint density at radius 2 is 1.95 bits per heavy atom. The zero-order valence-electron chi connectivity index (χ0n) is 13.7. The molecule has 4 nitrogen and oxygen atoms in total. The number of hydrogen-bond donors (Lipinski definition) is 1. The van der Waals surface area contributed by atoms with Gasteiger partial charge in [-0.15, -0.1) is 0 Å². The van der Waals surface area contributed by atoms with Crippen LogP contribution < -0.4 is 5.32 Å². The average molecular weight is 297 g/mol. The minimum Gasteiger partial charge on any atom is -0.465 e. The van der Waals surface area contributed by atoms with Gasteiger partial charge in [-0.2, -0.15) is 0 Å². The van der Waals surface area contributed by atoms with E-state index in [1.807, 2.05) is 14.0 Å². The lowest BCUT2D eigenvalue weighted by Crippen LogP contribution is -2.54. The first kappa shape index (κ1) is 16.8. The van der Waals surface area contributed by atoms with Gasteiger partial charge in [-0.3, -0.25) is 4.79 Å². The number of hydrogen-bond acceptors (Lipinski definition) is 4. The van der Waals surface area contributed by atoms with Gasteiger partial charge in [0.2, 0.25) is 0 Å². The van der Waals surface area contributed by atoms with E-state index in [0.29, 0.717) is 12.5 Å². The van der Waals surface area contributed by atoms with E-state index >= 15 is 0 Å². The molecule has 0 aromatic rings. The fourth-order valence-electron chi connectivity index (χ4n) is 3.79. The monoisotopic (exact) mass is 297 g/mol. The Morgan fingerprint density at radius 3 is 2.57 bits per heavy atom. The standard InChI is InChI=1S/C17H31NO3/c1-3-21-16(19)17(18-2)11-5-8-15(17)10-13-20-12-9-14-6-4-7-14/h14-15,18H,3-13H2,1-2H3. The Kier molecular flexibility index (Phi) is 6.49. The van der Waals surface area contributed by atoms with Crippen molar-refractivity contribution in [2.75, 3.05) is 26.9 Å². The molecule has 4 heteroatoms. The third-order valence-corrected chi connectivity index (χ3v) is 5.41. The topological polar surface area (TPSA) is 47.6 Å². The van der Waals surface area contributed by atoms with Gasteiger partial charge in [0, 0.05) is 13.2 Å². The van der Waals surface area contributed by atoms with Crippen molar-refractivity contribution >= 4 is 5.97 Å². The molecule has 122 valence electrons. The van der Waals surface area contributed by atoms with Gasteiger partial charge in [-0.1, -0.05) is 25.7 Å². The van der Waals surface area contributed by atoms with Gasteiger partial charge in [0.1, 0.15) is 5.54 Å². The number of esters is 1. The largest absolute Gasteiger partial charge is 0.465 e. The van der Waals surface area contributed by atoms with Crippen LogP contribution in [0.5, 0.6) is 0 Å². The summed E-state index contributed by atoms with van der Waals surface area (Å²) in [6.45, 7) is 3.96. The van der Waals surface area contributed by atoms with Gasteiger partial charge in [0.05, 0.1) is 6.61 Å². The Morgan fingerprint density at radius 1 is 1.19 bits per heavy atom. The first-order chi connectivity index (χ1) is 10.2. The number of rotatable bonds is 9. The van der Waals surface area contributed by atoms with E-state index in [1.165, 1.54) is 25.7 Å². The lowest BCUT2D eigenvalue weighted by molar-refractivity contribution is -0.153. The second-order valence-electron chi connectivity index (χ2n) is 6.52. The van der Waals surface area contributed by atoms with Crippen LogP contribution in [0.4, 0.5) is 0 Å². The van der Waals surface area contributed by atoms with Crippen LogP contribution in [0.25, 0.3) is 0 Å². The molecule has 2 aliphatic carbocycles. The summed E-state index contributed by atoms with van der Waals surface area (Å²) < 4.78 is 11.1. The predicted octanol–water partition coefficient (Wildman–Crippen LogP) is 2.90. The maximum absolute atomic E-state index is 12.3. The molecule has 0 radical (unpaired) electrons. The van der Waals surface area contributed by atoms with E-state index in [1.54, 1.807) is 0 Å². The lowest BCUT2D eigenvalue weighted by Gasteiger charge is -2.33. The predicted molar refractivity (Wildman–Crippen MR) is 83.2 cm³/mol. The maximum Gasteiger partial charge on any atom is 0.326 e. The van der Waals surface area contributed by atoms with Gasteiger partial charge < -0.3 is 14.8 Å². The van der Waals surface area contributed by atoms with E-state index in [4.69, 9.17) is 9.47 Å². The highest BCUT2D eigenvalue weighted by atomic mass is 16.5. The first-order valence-corrected chi connectivity index (χ1v) is 8.66. The zero-order chi connectivity index (χ0) is 15.1. The third-order valence-electron chi connectivity index (χ3n) is 5.41. The smallest absolute Gasteiger partial charge is 0.326 e. The molecule has 2 unspecified atom stereocenters. The zero-order valence-corrected chi connectivity index (χ0v) is 13.7. The van der Waals surface area contributed by atoms with Crippen LogP contribution in [-0.2, 0) is 14.3 Å². The van der Waals surface area contributed by atoms with Crippen LogP contribution in [-0.4, -0.2) is 38.4 Å². The summed E-state index contributed by atoms with van der Waals surface area (Å²) in [5, 5.41) is 3.26. The fraction of sp³-hybridized carbons (Fsp3) is 0.941. The molecule has 21 heavy (non-hydrogen) atoms. The Hall–Kier alpha value is -0.610. The van der Waals surface area contributed by atoms with Gasteiger partial charge in [-0.25, -0.2) is 0 Å². The van der Waals surface area contributed by atoms with Crippen LogP contribution in [0, 0.1) is 11.8 Å². The molecule has 0 heterocycles. The quantitative estimate of drug-likeness (QED) is 0.525. The molecule has 0 aromatic heterocycles. The molecule has 2 aliphatic rings. The number of likely N-dealkylation sites (N-methyl/N-ethyl adjacent to an activating group) is 1. The molecule has 2 rings (SSSR count). The second kappa shape index (κ2) is 8.14. The number of ether oxygens (including phenoxy) is 2. The van der Waals surface area contributed by atoms with E-state index in [2.05, 4.69) is 5.32 Å². The minimum absolute atomic E-state index is 0.0792. The summed E-state index contributed by atoms with van der Waals surface area (Å²) in [4.78, 5) is 12.3. The van der Waals surface area contributed by atoms with E-state index in [0.717, 1.165) is 44.8 Å². The lowest BCUT2D eigenvalue weighted by atomic mass is 9.83. The summed E-state index contributed by atoms with van der Waals surface area (Å²) in [5.74, 6) is 1.17. The number of carbonyl (C=O) groups excluding carboxylic acids is 1. The van der Waals surface area contributed by atoms with Crippen LogP contribution >= 0.6 is 0 Å². The van der Waals surface area contributed by atoms with Crippen molar-refractivity contribution in [3.63, 3.8) is 0 Å². The molecule has 2 atom stereocenters. The van der Waals surface area contributed by atoms with Gasteiger partial charge in [0.15, 0.2) is 0 Å². The molecular formula is C17H31NO3. The highest BCUT2D eigenvalue weighted by Crippen LogP contribution is 2.38. The minimum atomic E-state index is -0.479. The van der Waals surface area contributed by atoms with Crippen molar-refractivity contribution in [3.05, 3.63) is 0 Å². The van der Waals surface area contributed by atoms with Crippen molar-refractivity contribution in [1.82, 2.24) is 5.32 Å². The normalized spacial score (nSPS) is 29.3. The van der Waals surface area contributed by atoms with Crippen LogP contribution in [0.2, 0.25) is 0 Å². The number of nitrogens with one attached hydrogen (secondary N) is 1. The molecule has 1 N–H and O–H groups in total. The highest BCUT2D eigenvalue weighted by molar-refractivity contribution is 5.81. The molecular weight excluding hydrogens is 266 g/mol. The van der Waals surface area contributed by atoms with E-state index in [9.17, 15) is 4.79 Å². The first-order valence-electron chi connectivity index (χ1n) is 8.66. The molecule has 0 bridgehead atoms. The van der Waals surface area contributed by atoms with Crippen molar-refractivity contribution < 1.29 is 14.3 Å². The van der Waals surface area contributed by atoms with Crippen LogP contribution in [0.3, 0.4) is 0 Å². The molecule has 0 aromatic carbocycles. The van der Waals surface area contributed by atoms with Crippen LogP contribution in [0.1, 0.15) is 58.3 Å². The molecule has 2 saturated carbocycles. The molecule has 2 fully saturated rings. The Balaban J connectivity index is 1.73. The average Bonchev–Trinajstić information content (AvgIpc) is 2.85. The van der Waals surface area contributed by atoms with Crippen molar-refractivity contribution in [2.24, 2.45) is 11.8 Å². The van der Waals surface area contributed by atoms with Crippen molar-refractivity contribution in [3.8, 4) is 0 Å². The summed E-state index contributed by atoms with van der Waals surface area (Å²) in [6.07, 6.45) is 9.39. The summed E-state index contributed by atoms with van der Waals surface area (Å²) in [7, 11) is 1.88. The fourth-order valence-corrected chi connectivity index (χ4v) is 3.79. The molecule has 0 amide bonds. The van der Waals surface area contributed by atoms with E-state index in [-0.39, 0.29) is 5.97 Å². The second-order valence-corrected chi connectivity index (χ2v) is 6.52. The van der Waals surface area contributed by atoms with Gasteiger partial charge in [-0.05, 0) is 51.5 Å². The highest BCUT2D eigenvalue weighted by Gasteiger charge is 2.48. The van der Waals surface area contributed by atoms with Crippen molar-refractivity contribution in [1.29, 1.82) is 0 Å². The van der Waals surface area contributed by atoms with E-state index < -0.39 is 5.54 Å². The SMILES string of the molecule is CCOC(=O)C1(NC)CCCC1CCOCCC1CCC1. The third kappa shape index (κ3) is 3.98. The van der Waals surface area contributed by atoms with Gasteiger partial charge >= 0.3 is 5.97 Å². The Labute approximate surface area is 129 Å². The van der Waals surface area contributed by atoms with Gasteiger partial charge in [0.25, 0.3) is 0 Å².